The van der Waals surface area contributed by atoms with Gasteiger partial charge in [-0.1, -0.05) is 46.5 Å². The summed E-state index contributed by atoms with van der Waals surface area (Å²) in [4.78, 5) is 25.1. The zero-order chi connectivity index (χ0) is 20.2. The molecule has 158 valence electrons. The fraction of sp³-hybridized carbons (Fsp3) is 0.905. The molecule has 1 N–H and O–H groups in total. The summed E-state index contributed by atoms with van der Waals surface area (Å²) < 4.78 is 11.0. The van der Waals surface area contributed by atoms with E-state index < -0.39 is 5.41 Å². The van der Waals surface area contributed by atoms with Crippen molar-refractivity contribution in [3.63, 3.8) is 0 Å². The van der Waals surface area contributed by atoms with Crippen molar-refractivity contribution in [2.24, 2.45) is 10.8 Å². The average molecular weight is 404 g/mol. The summed E-state index contributed by atoms with van der Waals surface area (Å²) in [7, 11) is 0. The summed E-state index contributed by atoms with van der Waals surface area (Å²) in [6, 6.07) is 0. The third kappa shape index (κ3) is 7.03. The lowest BCUT2D eigenvalue weighted by Crippen LogP contribution is -2.64. The molecule has 0 radical (unpaired) electrons. The average Bonchev–Trinajstić information content (AvgIpc) is 2.62. The normalized spacial score (nSPS) is 21.1. The number of halogens is 1. The molecule has 5 nitrogen and oxygen atoms in total. The van der Waals surface area contributed by atoms with Crippen molar-refractivity contribution < 1.29 is 19.1 Å². The molecule has 0 spiro atoms. The number of nitrogens with one attached hydrogen (secondary N) is 1. The maximum Gasteiger partial charge on any atom is 0.234 e. The highest BCUT2D eigenvalue weighted by Gasteiger charge is 2.64. The maximum atomic E-state index is 12.7. The van der Waals surface area contributed by atoms with Crippen LogP contribution in [0.4, 0.5) is 0 Å². The van der Waals surface area contributed by atoms with Crippen molar-refractivity contribution in [1.82, 2.24) is 5.32 Å². The fourth-order valence-electron chi connectivity index (χ4n) is 3.80. The van der Waals surface area contributed by atoms with Gasteiger partial charge in [-0.25, -0.2) is 0 Å². The molecule has 1 amide bonds. The van der Waals surface area contributed by atoms with Gasteiger partial charge in [0.25, 0.3) is 0 Å². The number of amides is 1. The number of hydrogen-bond donors (Lipinski definition) is 1. The largest absolute Gasteiger partial charge is 0.379 e. The zero-order valence-corrected chi connectivity index (χ0v) is 18.2. The first-order valence-electron chi connectivity index (χ1n) is 10.5. The lowest BCUT2D eigenvalue weighted by Gasteiger charge is -2.53. The van der Waals surface area contributed by atoms with Crippen LogP contribution in [0.25, 0.3) is 0 Å². The molecule has 0 aromatic heterocycles. The standard InChI is InChI=1S/C21H38ClNO4/c1-4-5-10-21(18(24)17-20(21,2)3)19(25)23-12-14-27-16-15-26-13-9-7-6-8-11-22/h4-17H2,1-3H3,(H,23,25)/t21-/m0/s1. The first-order chi connectivity index (χ1) is 12.9. The molecule has 0 bridgehead atoms. The number of carbonyl (C=O) groups is 2. The van der Waals surface area contributed by atoms with E-state index in [9.17, 15) is 9.59 Å². The smallest absolute Gasteiger partial charge is 0.234 e. The number of rotatable bonds is 16. The maximum absolute atomic E-state index is 12.7. The number of Topliss-reactive ketones (excluding diaryl/α,β-unsaturated/α-hetero) is 1. The molecule has 0 unspecified atom stereocenters. The molecule has 1 rings (SSSR count). The minimum absolute atomic E-state index is 0.0822. The van der Waals surface area contributed by atoms with Crippen molar-refractivity contribution >= 4 is 23.3 Å². The molecule has 6 heteroatoms. The Kier molecular flexibility index (Phi) is 11.5. The van der Waals surface area contributed by atoms with Gasteiger partial charge < -0.3 is 14.8 Å². The Morgan fingerprint density at radius 1 is 1.04 bits per heavy atom. The second kappa shape index (κ2) is 12.7. The molecule has 1 aliphatic carbocycles. The number of ketones is 1. The molecule has 1 atom stereocenters. The summed E-state index contributed by atoms with van der Waals surface area (Å²) >= 11 is 5.63. The number of unbranched alkanes of at least 4 members (excludes halogenated alkanes) is 4. The van der Waals surface area contributed by atoms with E-state index in [0.29, 0.717) is 39.2 Å². The molecule has 1 fully saturated rings. The summed E-state index contributed by atoms with van der Waals surface area (Å²) in [6.07, 6.45) is 7.42. The monoisotopic (exact) mass is 403 g/mol. The van der Waals surface area contributed by atoms with Crippen LogP contribution in [-0.4, -0.2) is 50.5 Å². The number of carbonyl (C=O) groups excluding carboxylic acids is 2. The predicted molar refractivity (Wildman–Crippen MR) is 109 cm³/mol. The Hall–Kier alpha value is -0.650. The first-order valence-corrected chi connectivity index (χ1v) is 11.0. The van der Waals surface area contributed by atoms with Crippen molar-refractivity contribution in [1.29, 1.82) is 0 Å². The Morgan fingerprint density at radius 2 is 1.70 bits per heavy atom. The van der Waals surface area contributed by atoms with Crippen LogP contribution in [0.15, 0.2) is 0 Å². The van der Waals surface area contributed by atoms with Gasteiger partial charge in [-0.2, -0.15) is 0 Å². The summed E-state index contributed by atoms with van der Waals surface area (Å²) in [5, 5.41) is 2.91. The second-order valence-electron chi connectivity index (χ2n) is 8.08. The third-order valence-electron chi connectivity index (χ3n) is 5.60. The number of hydrogen-bond acceptors (Lipinski definition) is 4. The highest BCUT2D eigenvalue weighted by molar-refractivity contribution is 6.17. The predicted octanol–water partition coefficient (Wildman–Crippen LogP) is 4.11. The number of ether oxygens (including phenoxy) is 2. The van der Waals surface area contributed by atoms with Crippen molar-refractivity contribution in [3.8, 4) is 0 Å². The van der Waals surface area contributed by atoms with E-state index in [2.05, 4.69) is 12.2 Å². The van der Waals surface area contributed by atoms with Crippen molar-refractivity contribution in [3.05, 3.63) is 0 Å². The Bertz CT molecular complexity index is 455. The molecular weight excluding hydrogens is 366 g/mol. The van der Waals surface area contributed by atoms with Crippen LogP contribution in [-0.2, 0) is 19.1 Å². The van der Waals surface area contributed by atoms with Gasteiger partial charge in [-0.15, -0.1) is 11.6 Å². The van der Waals surface area contributed by atoms with Gasteiger partial charge in [0.15, 0.2) is 0 Å². The Balaban J connectivity index is 2.15. The van der Waals surface area contributed by atoms with E-state index in [4.69, 9.17) is 21.1 Å². The lowest BCUT2D eigenvalue weighted by molar-refractivity contribution is -0.168. The van der Waals surface area contributed by atoms with Crippen LogP contribution in [0, 0.1) is 10.8 Å². The quantitative estimate of drug-likeness (QED) is 0.239. The van der Waals surface area contributed by atoms with Gasteiger partial charge in [-0.05, 0) is 24.7 Å². The van der Waals surface area contributed by atoms with Crippen LogP contribution in [0.5, 0.6) is 0 Å². The zero-order valence-electron chi connectivity index (χ0n) is 17.4. The van der Waals surface area contributed by atoms with E-state index in [1.54, 1.807) is 0 Å². The van der Waals surface area contributed by atoms with Crippen LogP contribution in [0.1, 0.15) is 72.1 Å². The highest BCUT2D eigenvalue weighted by atomic mass is 35.5. The molecule has 0 aromatic rings. The van der Waals surface area contributed by atoms with Crippen molar-refractivity contribution in [2.45, 2.75) is 72.1 Å². The van der Waals surface area contributed by atoms with E-state index in [1.807, 2.05) is 13.8 Å². The van der Waals surface area contributed by atoms with E-state index >= 15 is 0 Å². The molecule has 0 aliphatic heterocycles. The summed E-state index contributed by atoms with van der Waals surface area (Å²) in [5.41, 5.74) is -1.11. The van der Waals surface area contributed by atoms with Crippen LogP contribution in [0.3, 0.4) is 0 Å². The molecule has 27 heavy (non-hydrogen) atoms. The third-order valence-corrected chi connectivity index (χ3v) is 5.87. The summed E-state index contributed by atoms with van der Waals surface area (Å²) in [6.45, 7) is 8.81. The Morgan fingerprint density at radius 3 is 2.30 bits per heavy atom. The lowest BCUT2D eigenvalue weighted by atomic mass is 9.48. The molecule has 1 saturated carbocycles. The first kappa shape index (κ1) is 24.4. The van der Waals surface area contributed by atoms with Crippen LogP contribution in [0.2, 0.25) is 0 Å². The summed E-state index contributed by atoms with van der Waals surface area (Å²) in [5.74, 6) is 0.684. The minimum atomic E-state index is -0.852. The van der Waals surface area contributed by atoms with Gasteiger partial charge in [0.05, 0.1) is 19.8 Å². The fourth-order valence-corrected chi connectivity index (χ4v) is 3.99. The highest BCUT2D eigenvalue weighted by Crippen LogP contribution is 2.56. The van der Waals surface area contributed by atoms with Gasteiger partial charge in [-0.3, -0.25) is 9.59 Å². The van der Waals surface area contributed by atoms with Crippen LogP contribution < -0.4 is 5.32 Å². The van der Waals surface area contributed by atoms with E-state index in [0.717, 1.165) is 51.0 Å². The second-order valence-corrected chi connectivity index (χ2v) is 8.45. The minimum Gasteiger partial charge on any atom is -0.379 e. The molecular formula is C21H38ClNO4. The molecule has 0 saturated heterocycles. The van der Waals surface area contributed by atoms with Crippen LogP contribution >= 0.6 is 11.6 Å². The van der Waals surface area contributed by atoms with Gasteiger partial charge >= 0.3 is 0 Å². The van der Waals surface area contributed by atoms with Gasteiger partial charge in [0.1, 0.15) is 11.2 Å². The molecule has 0 aromatic carbocycles. The van der Waals surface area contributed by atoms with Gasteiger partial charge in [0.2, 0.25) is 5.91 Å². The molecule has 1 aliphatic rings. The topological polar surface area (TPSA) is 64.6 Å². The van der Waals surface area contributed by atoms with Crippen molar-refractivity contribution in [2.75, 3.05) is 38.9 Å². The number of alkyl halides is 1. The van der Waals surface area contributed by atoms with E-state index in [1.165, 1.54) is 0 Å². The Labute approximate surface area is 169 Å². The SMILES string of the molecule is CCCC[C@@]1(C(=O)NCCOCCOCCCCCCCl)C(=O)CC1(C)C. The van der Waals surface area contributed by atoms with Gasteiger partial charge in [0, 0.05) is 25.5 Å². The van der Waals surface area contributed by atoms with E-state index in [-0.39, 0.29) is 17.1 Å². The molecule has 0 heterocycles.